The number of hydrogen-bond acceptors (Lipinski definition) is 4. The van der Waals surface area contributed by atoms with Crippen LogP contribution in [0.4, 0.5) is 23.0 Å². The number of allylic oxidation sites excluding steroid dienone is 3. The van der Waals surface area contributed by atoms with Crippen molar-refractivity contribution >= 4 is 34.6 Å². The molecule has 2 unspecified atom stereocenters. The van der Waals surface area contributed by atoms with Gasteiger partial charge in [-0.25, -0.2) is 9.97 Å². The van der Waals surface area contributed by atoms with Gasteiger partial charge in [0.1, 0.15) is 0 Å². The Bertz CT molecular complexity index is 1170. The monoisotopic (exact) mass is 468 g/mol. The molecule has 0 N–H and O–H groups in total. The summed E-state index contributed by atoms with van der Waals surface area (Å²) in [4.78, 5) is 13.9. The first-order valence-electron chi connectivity index (χ1n) is 12.2. The maximum atomic E-state index is 7.27. The smallest absolute Gasteiger partial charge is 0.178 e. The zero-order valence-electron chi connectivity index (χ0n) is 19.4. The average molecular weight is 469 g/mol. The molecule has 0 amide bonds. The minimum absolute atomic E-state index is 0.263. The van der Waals surface area contributed by atoms with E-state index in [1.165, 1.54) is 24.8 Å². The molecule has 172 valence electrons. The molecule has 1 aromatic heterocycles. The highest BCUT2D eigenvalue weighted by atomic mass is 35.5. The van der Waals surface area contributed by atoms with Gasteiger partial charge in [0.25, 0.3) is 0 Å². The summed E-state index contributed by atoms with van der Waals surface area (Å²) in [6, 6.07) is 20.7. The van der Waals surface area contributed by atoms with E-state index in [9.17, 15) is 0 Å². The van der Waals surface area contributed by atoms with Crippen molar-refractivity contribution in [2.75, 3.05) is 9.80 Å². The van der Waals surface area contributed by atoms with Gasteiger partial charge in [-0.2, -0.15) is 0 Å². The molecule has 3 aliphatic rings. The minimum Gasteiger partial charge on any atom is -0.297 e. The van der Waals surface area contributed by atoms with Crippen LogP contribution in [0.15, 0.2) is 95.8 Å². The molecule has 0 radical (unpaired) electrons. The summed E-state index contributed by atoms with van der Waals surface area (Å²) in [6.45, 7) is 2.41. The fourth-order valence-corrected chi connectivity index (χ4v) is 6.25. The van der Waals surface area contributed by atoms with Crippen LogP contribution in [0.5, 0.6) is 0 Å². The third kappa shape index (κ3) is 3.52. The molecule has 5 heteroatoms. The summed E-state index contributed by atoms with van der Waals surface area (Å²) in [5.74, 6) is 2.43. The summed E-state index contributed by atoms with van der Waals surface area (Å²) in [5.41, 5.74) is 3.92. The predicted molar refractivity (Wildman–Crippen MR) is 140 cm³/mol. The fourth-order valence-electron chi connectivity index (χ4n) is 5.91. The van der Waals surface area contributed by atoms with Crippen LogP contribution in [0.3, 0.4) is 0 Å². The second kappa shape index (κ2) is 8.59. The van der Waals surface area contributed by atoms with Crippen LogP contribution in [0.2, 0.25) is 0 Å². The van der Waals surface area contributed by atoms with Gasteiger partial charge in [-0.1, -0.05) is 66.6 Å². The van der Waals surface area contributed by atoms with Crippen molar-refractivity contribution < 1.29 is 0 Å². The number of para-hydroxylation sites is 2. The second-order valence-electron chi connectivity index (χ2n) is 9.81. The van der Waals surface area contributed by atoms with Crippen LogP contribution in [0, 0.1) is 11.3 Å². The molecule has 1 saturated carbocycles. The van der Waals surface area contributed by atoms with Gasteiger partial charge in [-0.15, -0.1) is 0 Å². The standard InChI is InChI=1S/C29H29ClN4/c1-21-14-16-29(21)15-8-9-22(20-29)19-25(30)28-33(23-10-4-2-5-11-23)26-27(32-18-17-31-26)34(28)24-12-6-3-7-13-24/h2-7,9-13,17-19,21,28H,8,14-16,20H2,1H3/b25-19-. The molecule has 2 aliphatic carbocycles. The number of hydrogen-bond donors (Lipinski definition) is 0. The third-order valence-electron chi connectivity index (χ3n) is 7.97. The van der Waals surface area contributed by atoms with Gasteiger partial charge in [0.15, 0.2) is 17.8 Å². The Kier molecular flexibility index (Phi) is 5.41. The van der Waals surface area contributed by atoms with Crippen molar-refractivity contribution in [3.63, 3.8) is 0 Å². The predicted octanol–water partition coefficient (Wildman–Crippen LogP) is 7.74. The van der Waals surface area contributed by atoms with E-state index in [0.29, 0.717) is 5.41 Å². The maximum absolute atomic E-state index is 7.27. The number of fused-ring (bicyclic) bond motifs is 1. The molecule has 1 fully saturated rings. The highest BCUT2D eigenvalue weighted by molar-refractivity contribution is 6.31. The van der Waals surface area contributed by atoms with Crippen molar-refractivity contribution in [1.29, 1.82) is 0 Å². The average Bonchev–Trinajstić information content (AvgIpc) is 3.24. The quantitative estimate of drug-likeness (QED) is 0.392. The largest absolute Gasteiger partial charge is 0.297 e. The zero-order valence-corrected chi connectivity index (χ0v) is 20.2. The molecule has 2 aromatic carbocycles. The molecule has 2 atom stereocenters. The Balaban J connectivity index is 1.46. The van der Waals surface area contributed by atoms with Gasteiger partial charge in [0.05, 0.1) is 5.03 Å². The molecule has 4 nitrogen and oxygen atoms in total. The van der Waals surface area contributed by atoms with Gasteiger partial charge < -0.3 is 0 Å². The van der Waals surface area contributed by atoms with E-state index in [4.69, 9.17) is 21.6 Å². The minimum atomic E-state index is -0.263. The van der Waals surface area contributed by atoms with Gasteiger partial charge in [0.2, 0.25) is 0 Å². The number of nitrogens with zero attached hydrogens (tertiary/aromatic N) is 4. The summed E-state index contributed by atoms with van der Waals surface area (Å²) >= 11 is 7.27. The van der Waals surface area contributed by atoms with Gasteiger partial charge >= 0.3 is 0 Å². The Morgan fingerprint density at radius 1 is 0.912 bits per heavy atom. The van der Waals surface area contributed by atoms with Crippen LogP contribution in [0.25, 0.3) is 0 Å². The topological polar surface area (TPSA) is 32.3 Å². The molecule has 1 spiro atoms. The van der Waals surface area contributed by atoms with Crippen LogP contribution in [-0.4, -0.2) is 16.1 Å². The Hall–Kier alpha value is -3.11. The van der Waals surface area contributed by atoms with Crippen molar-refractivity contribution in [2.24, 2.45) is 11.3 Å². The van der Waals surface area contributed by atoms with Crippen molar-refractivity contribution in [3.05, 3.63) is 95.8 Å². The van der Waals surface area contributed by atoms with Gasteiger partial charge in [-0.3, -0.25) is 9.80 Å². The van der Waals surface area contributed by atoms with E-state index >= 15 is 0 Å². The van der Waals surface area contributed by atoms with E-state index in [2.05, 4.69) is 77.4 Å². The lowest BCUT2D eigenvalue weighted by Crippen LogP contribution is -2.40. The van der Waals surface area contributed by atoms with Crippen LogP contribution >= 0.6 is 11.6 Å². The first kappa shape index (κ1) is 21.4. The lowest BCUT2D eigenvalue weighted by atomic mass is 9.54. The lowest BCUT2D eigenvalue weighted by Gasteiger charge is -2.50. The molecular weight excluding hydrogens is 440 g/mol. The first-order chi connectivity index (χ1) is 16.7. The molecule has 1 aliphatic heterocycles. The number of aromatic nitrogens is 2. The van der Waals surface area contributed by atoms with Crippen molar-refractivity contribution in [2.45, 2.75) is 45.2 Å². The molecule has 6 rings (SSSR count). The number of anilines is 4. The Morgan fingerprint density at radius 3 is 2.00 bits per heavy atom. The molecular formula is C29H29ClN4. The van der Waals surface area contributed by atoms with Crippen LogP contribution < -0.4 is 9.80 Å². The molecule has 3 aromatic rings. The molecule has 0 bridgehead atoms. The van der Waals surface area contributed by atoms with Crippen molar-refractivity contribution in [3.8, 4) is 0 Å². The third-order valence-corrected chi connectivity index (χ3v) is 8.27. The van der Waals surface area contributed by atoms with E-state index in [1.54, 1.807) is 12.4 Å². The van der Waals surface area contributed by atoms with E-state index in [-0.39, 0.29) is 6.17 Å². The summed E-state index contributed by atoms with van der Waals surface area (Å²) in [6.07, 6.45) is 14.1. The fraction of sp³-hybridized carbons (Fsp3) is 0.310. The SMILES string of the molecule is CC1CCC12CCC=C(/C=C(\Cl)C1N(c3ccccc3)c3nccnc3N1c1ccccc1)C2. The van der Waals surface area contributed by atoms with Gasteiger partial charge in [-0.05, 0) is 73.8 Å². The van der Waals surface area contributed by atoms with E-state index in [0.717, 1.165) is 46.8 Å². The first-order valence-corrected chi connectivity index (χ1v) is 12.6. The van der Waals surface area contributed by atoms with Crippen LogP contribution in [0.1, 0.15) is 39.0 Å². The normalized spacial score (nSPS) is 24.7. The maximum Gasteiger partial charge on any atom is 0.178 e. The Labute approximate surface area is 206 Å². The highest BCUT2D eigenvalue weighted by Crippen LogP contribution is 2.56. The molecule has 34 heavy (non-hydrogen) atoms. The number of halogens is 1. The molecule has 2 heterocycles. The lowest BCUT2D eigenvalue weighted by molar-refractivity contribution is 0.0309. The van der Waals surface area contributed by atoms with Crippen LogP contribution in [-0.2, 0) is 0 Å². The summed E-state index contributed by atoms with van der Waals surface area (Å²) in [5, 5.41) is 0.780. The molecule has 0 saturated heterocycles. The van der Waals surface area contributed by atoms with E-state index in [1.807, 2.05) is 12.1 Å². The van der Waals surface area contributed by atoms with Gasteiger partial charge in [0, 0.05) is 23.8 Å². The summed E-state index contributed by atoms with van der Waals surface area (Å²) < 4.78 is 0. The number of benzene rings is 2. The van der Waals surface area contributed by atoms with Crippen molar-refractivity contribution in [1.82, 2.24) is 9.97 Å². The second-order valence-corrected chi connectivity index (χ2v) is 10.3. The number of rotatable bonds is 4. The summed E-state index contributed by atoms with van der Waals surface area (Å²) in [7, 11) is 0. The zero-order chi connectivity index (χ0) is 23.1. The highest BCUT2D eigenvalue weighted by Gasteiger charge is 2.45. The Morgan fingerprint density at radius 2 is 1.50 bits per heavy atom. The van der Waals surface area contributed by atoms with E-state index < -0.39 is 0 Å².